The van der Waals surface area contributed by atoms with Gasteiger partial charge in [-0.2, -0.15) is 0 Å². The smallest absolute Gasteiger partial charge is 0.356 e. The van der Waals surface area contributed by atoms with Crippen molar-refractivity contribution >= 4 is 28.5 Å². The highest BCUT2D eigenvalue weighted by Crippen LogP contribution is 2.40. The van der Waals surface area contributed by atoms with Gasteiger partial charge in [0.25, 0.3) is 0 Å². The molecule has 2 N–H and O–H groups in total. The van der Waals surface area contributed by atoms with Crippen LogP contribution in [0.2, 0.25) is 0 Å². The fraction of sp³-hybridized carbons (Fsp3) is 0.500. The number of benzene rings is 1. The summed E-state index contributed by atoms with van der Waals surface area (Å²) in [6.07, 6.45) is 3.39. The van der Waals surface area contributed by atoms with Gasteiger partial charge in [-0.05, 0) is 39.3 Å². The van der Waals surface area contributed by atoms with Gasteiger partial charge < -0.3 is 24.5 Å². The van der Waals surface area contributed by atoms with E-state index in [-0.39, 0.29) is 25.0 Å². The highest BCUT2D eigenvalue weighted by Gasteiger charge is 2.26. The molecule has 0 aliphatic carbocycles. The Morgan fingerprint density at radius 2 is 2.07 bits per heavy atom. The number of nitrogens with zero attached hydrogens (tertiary/aromatic N) is 1. The Bertz CT molecular complexity index is 907. The van der Waals surface area contributed by atoms with Gasteiger partial charge in [-0.1, -0.05) is 6.42 Å². The normalized spacial score (nSPS) is 19.0. The molecule has 2 aliphatic rings. The van der Waals surface area contributed by atoms with Crippen LogP contribution < -0.4 is 14.8 Å². The Hall–Kier alpha value is -2.74. The molecular formula is C20H25N3O5. The van der Waals surface area contributed by atoms with Crippen molar-refractivity contribution in [2.45, 2.75) is 39.2 Å². The van der Waals surface area contributed by atoms with E-state index < -0.39 is 5.97 Å². The third-order valence-corrected chi connectivity index (χ3v) is 5.32. The molecule has 1 fully saturated rings. The molecule has 28 heavy (non-hydrogen) atoms. The summed E-state index contributed by atoms with van der Waals surface area (Å²) < 4.78 is 16.0. The van der Waals surface area contributed by atoms with Gasteiger partial charge in [-0.15, -0.1) is 0 Å². The summed E-state index contributed by atoms with van der Waals surface area (Å²) in [5, 5.41) is 3.61. The number of likely N-dealkylation sites (tertiary alicyclic amines) is 1. The molecule has 1 amide bonds. The minimum absolute atomic E-state index is 0.154. The van der Waals surface area contributed by atoms with E-state index in [0.29, 0.717) is 40.7 Å². The number of anilines is 1. The first-order chi connectivity index (χ1) is 13.6. The van der Waals surface area contributed by atoms with Gasteiger partial charge in [0.2, 0.25) is 12.7 Å². The highest BCUT2D eigenvalue weighted by molar-refractivity contribution is 6.11. The summed E-state index contributed by atoms with van der Waals surface area (Å²) in [4.78, 5) is 30.4. The quantitative estimate of drug-likeness (QED) is 0.767. The average molecular weight is 387 g/mol. The third-order valence-electron chi connectivity index (χ3n) is 5.32. The van der Waals surface area contributed by atoms with E-state index in [9.17, 15) is 9.59 Å². The number of carbonyl (C=O) groups excluding carboxylic acids is 2. The van der Waals surface area contributed by atoms with Crippen LogP contribution in [0.15, 0.2) is 12.1 Å². The molecule has 1 saturated heterocycles. The van der Waals surface area contributed by atoms with Crippen molar-refractivity contribution in [1.82, 2.24) is 9.88 Å². The van der Waals surface area contributed by atoms with Gasteiger partial charge in [0.05, 0.1) is 24.4 Å². The Morgan fingerprint density at radius 3 is 2.82 bits per heavy atom. The molecule has 0 bridgehead atoms. The molecule has 0 unspecified atom stereocenters. The van der Waals surface area contributed by atoms with Gasteiger partial charge in [0, 0.05) is 17.5 Å². The molecule has 8 heteroatoms. The first-order valence-electron chi connectivity index (χ1n) is 9.73. The van der Waals surface area contributed by atoms with E-state index in [1.165, 1.54) is 6.42 Å². The van der Waals surface area contributed by atoms with Crippen molar-refractivity contribution in [1.29, 1.82) is 0 Å². The van der Waals surface area contributed by atoms with Crippen molar-refractivity contribution in [2.75, 3.05) is 31.8 Å². The second-order valence-electron chi connectivity index (χ2n) is 7.21. The fourth-order valence-electron chi connectivity index (χ4n) is 3.83. The average Bonchev–Trinajstić information content (AvgIpc) is 3.26. The molecule has 4 rings (SSSR count). The zero-order valence-corrected chi connectivity index (χ0v) is 16.2. The minimum Gasteiger partial charge on any atom is -0.461 e. The maximum absolute atomic E-state index is 12.8. The lowest BCUT2D eigenvalue weighted by atomic mass is 10.0. The van der Waals surface area contributed by atoms with E-state index in [4.69, 9.17) is 14.2 Å². The lowest BCUT2D eigenvalue weighted by molar-refractivity contribution is -0.118. The lowest BCUT2D eigenvalue weighted by Gasteiger charge is -2.32. The number of piperidine rings is 1. The molecule has 1 atom stereocenters. The topological polar surface area (TPSA) is 92.9 Å². The minimum atomic E-state index is -0.512. The lowest BCUT2D eigenvalue weighted by Crippen LogP contribution is -2.42. The maximum atomic E-state index is 12.8. The summed E-state index contributed by atoms with van der Waals surface area (Å²) in [5.41, 5.74) is 1.32. The van der Waals surface area contributed by atoms with Crippen LogP contribution >= 0.6 is 0 Å². The molecule has 1 aromatic carbocycles. The number of carbonyl (C=O) groups is 2. The Balaban J connectivity index is 1.64. The van der Waals surface area contributed by atoms with Crippen LogP contribution in [0.25, 0.3) is 10.9 Å². The van der Waals surface area contributed by atoms with Gasteiger partial charge in [-0.3, -0.25) is 9.69 Å². The number of aromatic amines is 1. The van der Waals surface area contributed by atoms with Crippen LogP contribution in [-0.2, 0) is 9.53 Å². The van der Waals surface area contributed by atoms with Crippen LogP contribution in [0, 0.1) is 0 Å². The van der Waals surface area contributed by atoms with Gasteiger partial charge in [0.15, 0.2) is 11.5 Å². The molecule has 0 saturated carbocycles. The highest BCUT2D eigenvalue weighted by atomic mass is 16.7. The number of ether oxygens (including phenoxy) is 3. The molecular weight excluding hydrogens is 362 g/mol. The molecule has 2 aliphatic heterocycles. The molecule has 8 nitrogen and oxygen atoms in total. The number of amides is 1. The number of nitrogens with one attached hydrogen (secondary N) is 2. The number of esters is 1. The zero-order chi connectivity index (χ0) is 19.7. The second-order valence-corrected chi connectivity index (χ2v) is 7.21. The summed E-state index contributed by atoms with van der Waals surface area (Å²) in [6, 6.07) is 3.92. The molecule has 0 spiro atoms. The summed E-state index contributed by atoms with van der Waals surface area (Å²) in [7, 11) is 0. The van der Waals surface area contributed by atoms with Gasteiger partial charge >= 0.3 is 5.97 Å². The largest absolute Gasteiger partial charge is 0.461 e. The monoisotopic (exact) mass is 387 g/mol. The van der Waals surface area contributed by atoms with E-state index in [1.54, 1.807) is 19.1 Å². The maximum Gasteiger partial charge on any atom is 0.356 e. The van der Waals surface area contributed by atoms with Crippen LogP contribution in [0.3, 0.4) is 0 Å². The molecule has 150 valence electrons. The predicted molar refractivity (Wildman–Crippen MR) is 104 cm³/mol. The van der Waals surface area contributed by atoms with Crippen LogP contribution in [0.4, 0.5) is 5.69 Å². The number of fused-ring (bicyclic) bond motifs is 2. The standard InChI is InChI=1S/C20H25N3O5/c1-3-26-20(25)19-18(22-17(24)10-23-7-5-4-6-12(23)2)13-8-15-16(28-11-27-15)9-14(13)21-19/h8-9,12,21H,3-7,10-11H2,1-2H3,(H,22,24)/t12-/m1/s1. The summed E-state index contributed by atoms with van der Waals surface area (Å²) in [5.74, 6) is 0.520. The Morgan fingerprint density at radius 1 is 1.29 bits per heavy atom. The molecule has 0 radical (unpaired) electrons. The molecule has 2 aromatic rings. The van der Waals surface area contributed by atoms with E-state index >= 15 is 0 Å². The van der Waals surface area contributed by atoms with Crippen molar-refractivity contribution in [3.05, 3.63) is 17.8 Å². The zero-order valence-electron chi connectivity index (χ0n) is 16.2. The predicted octanol–water partition coefficient (Wildman–Crippen LogP) is 2.89. The van der Waals surface area contributed by atoms with Crippen molar-refractivity contribution in [3.63, 3.8) is 0 Å². The van der Waals surface area contributed by atoms with Crippen LogP contribution in [0.5, 0.6) is 11.5 Å². The molecule has 3 heterocycles. The molecule has 1 aromatic heterocycles. The Labute approximate surface area is 163 Å². The number of hydrogen-bond donors (Lipinski definition) is 2. The number of rotatable bonds is 5. The fourth-order valence-corrected chi connectivity index (χ4v) is 3.83. The van der Waals surface area contributed by atoms with Crippen molar-refractivity contribution in [2.24, 2.45) is 0 Å². The van der Waals surface area contributed by atoms with E-state index in [2.05, 4.69) is 22.1 Å². The number of H-pyrrole nitrogens is 1. The Kier molecular flexibility index (Phi) is 5.13. The van der Waals surface area contributed by atoms with E-state index in [0.717, 1.165) is 19.4 Å². The van der Waals surface area contributed by atoms with E-state index in [1.807, 2.05) is 0 Å². The summed E-state index contributed by atoms with van der Waals surface area (Å²) >= 11 is 0. The van der Waals surface area contributed by atoms with Gasteiger partial charge in [-0.25, -0.2) is 4.79 Å². The van der Waals surface area contributed by atoms with Crippen molar-refractivity contribution in [3.8, 4) is 11.5 Å². The third kappa shape index (κ3) is 3.52. The van der Waals surface area contributed by atoms with Crippen LogP contribution in [-0.4, -0.2) is 54.3 Å². The second kappa shape index (κ2) is 7.71. The number of hydrogen-bond acceptors (Lipinski definition) is 6. The summed E-state index contributed by atoms with van der Waals surface area (Å²) in [6.45, 7) is 5.49. The first kappa shape index (κ1) is 18.6. The van der Waals surface area contributed by atoms with Gasteiger partial charge in [0.1, 0.15) is 5.69 Å². The number of aromatic nitrogens is 1. The SMILES string of the molecule is CCOC(=O)c1[nH]c2cc3c(cc2c1NC(=O)CN1CCCC[C@H]1C)OCO3. The van der Waals surface area contributed by atoms with Crippen molar-refractivity contribution < 1.29 is 23.8 Å². The first-order valence-corrected chi connectivity index (χ1v) is 9.73. The van der Waals surface area contributed by atoms with Crippen LogP contribution in [0.1, 0.15) is 43.6 Å².